The highest BCUT2D eigenvalue weighted by Gasteiger charge is 2.30. The van der Waals surface area contributed by atoms with Crippen LogP contribution in [0.3, 0.4) is 0 Å². The van der Waals surface area contributed by atoms with Crippen LogP contribution in [0.25, 0.3) is 11.1 Å². The molecule has 1 nitrogen and oxygen atoms in total. The van der Waals surface area contributed by atoms with Gasteiger partial charge in [0.05, 0.1) is 6.10 Å². The molecule has 0 aromatic heterocycles. The molecule has 0 spiro atoms. The van der Waals surface area contributed by atoms with Crippen molar-refractivity contribution in [1.82, 2.24) is 0 Å². The lowest BCUT2D eigenvalue weighted by Crippen LogP contribution is -2.25. The van der Waals surface area contributed by atoms with E-state index in [1.165, 1.54) is 16.7 Å². The van der Waals surface area contributed by atoms with Crippen molar-refractivity contribution in [3.05, 3.63) is 59.7 Å². The van der Waals surface area contributed by atoms with E-state index >= 15 is 0 Å². The average molecular weight is 284 g/mol. The molecule has 2 aromatic rings. The summed E-state index contributed by atoms with van der Waals surface area (Å²) in [4.78, 5) is 0. The van der Waals surface area contributed by atoms with Crippen LogP contribution in [0.1, 0.15) is 31.1 Å². The van der Waals surface area contributed by atoms with Gasteiger partial charge in [-0.1, -0.05) is 56.3 Å². The molecule has 0 bridgehead atoms. The fourth-order valence-corrected chi connectivity index (χ4v) is 4.17. The minimum absolute atomic E-state index is 0.300. The number of rotatable bonds is 2. The number of fused-ring (bicyclic) bond motifs is 1. The summed E-state index contributed by atoms with van der Waals surface area (Å²) in [5.41, 5.74) is 4.79. The zero-order chi connectivity index (χ0) is 14.1. The van der Waals surface area contributed by atoms with E-state index in [-0.39, 0.29) is 6.10 Å². The van der Waals surface area contributed by atoms with Crippen LogP contribution in [0, 0.1) is 5.92 Å². The van der Waals surface area contributed by atoms with Crippen LogP contribution in [0.15, 0.2) is 48.5 Å². The molecule has 1 N–H and O–H groups in total. The number of hydrogen-bond donors (Lipinski definition) is 1. The SMILES string of the molecule is CC(C)C1SCc2ccc(-c3ccccc3)cc2C1O. The molecule has 20 heavy (non-hydrogen) atoms. The first kappa shape index (κ1) is 13.7. The molecular formula is C18H20OS. The van der Waals surface area contributed by atoms with Gasteiger partial charge in [0, 0.05) is 11.0 Å². The van der Waals surface area contributed by atoms with Crippen LogP contribution in [0.5, 0.6) is 0 Å². The summed E-state index contributed by atoms with van der Waals surface area (Å²) in [7, 11) is 0. The van der Waals surface area contributed by atoms with E-state index < -0.39 is 0 Å². The van der Waals surface area contributed by atoms with Crippen molar-refractivity contribution in [2.75, 3.05) is 0 Å². The van der Waals surface area contributed by atoms with Gasteiger partial charge in [-0.05, 0) is 34.2 Å². The molecule has 2 aromatic carbocycles. The molecule has 0 fully saturated rings. The molecule has 0 radical (unpaired) electrons. The van der Waals surface area contributed by atoms with Gasteiger partial charge in [0.1, 0.15) is 0 Å². The van der Waals surface area contributed by atoms with E-state index in [0.717, 1.165) is 11.3 Å². The lowest BCUT2D eigenvalue weighted by molar-refractivity contribution is 0.156. The van der Waals surface area contributed by atoms with E-state index in [2.05, 4.69) is 56.3 Å². The first-order valence-corrected chi connectivity index (χ1v) is 8.19. The van der Waals surface area contributed by atoms with E-state index in [4.69, 9.17) is 0 Å². The van der Waals surface area contributed by atoms with Crippen LogP contribution in [0.2, 0.25) is 0 Å². The summed E-state index contributed by atoms with van der Waals surface area (Å²) in [5, 5.41) is 10.9. The Morgan fingerprint density at radius 2 is 1.80 bits per heavy atom. The van der Waals surface area contributed by atoms with E-state index in [1.54, 1.807) is 0 Å². The van der Waals surface area contributed by atoms with Crippen molar-refractivity contribution >= 4 is 11.8 Å². The summed E-state index contributed by atoms with van der Waals surface area (Å²) in [6.45, 7) is 4.37. The number of hydrogen-bond acceptors (Lipinski definition) is 2. The predicted octanol–water partition coefficient (Wildman–Crippen LogP) is 4.66. The molecule has 2 heteroatoms. The van der Waals surface area contributed by atoms with Crippen LogP contribution in [-0.4, -0.2) is 10.4 Å². The van der Waals surface area contributed by atoms with Crippen molar-refractivity contribution in [3.63, 3.8) is 0 Å². The third-order valence-corrected chi connectivity index (χ3v) is 5.64. The summed E-state index contributed by atoms with van der Waals surface area (Å²) >= 11 is 1.87. The first-order valence-electron chi connectivity index (χ1n) is 7.14. The van der Waals surface area contributed by atoms with Crippen molar-refractivity contribution in [1.29, 1.82) is 0 Å². The molecule has 3 rings (SSSR count). The third kappa shape index (κ3) is 2.50. The molecule has 0 aliphatic carbocycles. The maximum absolute atomic E-state index is 10.6. The highest BCUT2D eigenvalue weighted by Crippen LogP contribution is 2.42. The Labute approximate surface area is 125 Å². The summed E-state index contributed by atoms with van der Waals surface area (Å²) in [6.07, 6.45) is -0.354. The lowest BCUT2D eigenvalue weighted by atomic mass is 9.92. The molecular weight excluding hydrogens is 264 g/mol. The third-order valence-electron chi connectivity index (χ3n) is 3.97. The Morgan fingerprint density at radius 3 is 2.50 bits per heavy atom. The normalized spacial score (nSPS) is 21.8. The first-order chi connectivity index (χ1) is 9.66. The van der Waals surface area contributed by atoms with Gasteiger partial charge >= 0.3 is 0 Å². The largest absolute Gasteiger partial charge is 0.387 e. The standard InChI is InChI=1S/C18H20OS/c1-12(2)18-17(19)16-10-14(8-9-15(16)11-20-18)13-6-4-3-5-7-13/h3-10,12,17-19H,11H2,1-2H3. The Hall–Kier alpha value is -1.25. The Bertz CT molecular complexity index is 592. The number of aliphatic hydroxyl groups is 1. The maximum Gasteiger partial charge on any atom is 0.0914 e. The van der Waals surface area contributed by atoms with E-state index in [0.29, 0.717) is 11.2 Å². The smallest absolute Gasteiger partial charge is 0.0914 e. The highest BCUT2D eigenvalue weighted by molar-refractivity contribution is 7.99. The molecule has 0 amide bonds. The summed E-state index contributed by atoms with van der Waals surface area (Å²) < 4.78 is 0. The zero-order valence-corrected chi connectivity index (χ0v) is 12.7. The van der Waals surface area contributed by atoms with Gasteiger partial charge in [-0.15, -0.1) is 0 Å². The van der Waals surface area contributed by atoms with Gasteiger partial charge in [0.15, 0.2) is 0 Å². The predicted molar refractivity (Wildman–Crippen MR) is 86.8 cm³/mol. The van der Waals surface area contributed by atoms with Crippen molar-refractivity contribution in [2.45, 2.75) is 31.0 Å². The lowest BCUT2D eigenvalue weighted by Gasteiger charge is -2.32. The van der Waals surface area contributed by atoms with Gasteiger partial charge in [0.2, 0.25) is 0 Å². The van der Waals surface area contributed by atoms with Crippen LogP contribution in [0.4, 0.5) is 0 Å². The number of benzene rings is 2. The molecule has 2 atom stereocenters. The fraction of sp³-hybridized carbons (Fsp3) is 0.333. The van der Waals surface area contributed by atoms with Crippen molar-refractivity contribution < 1.29 is 5.11 Å². The van der Waals surface area contributed by atoms with Crippen LogP contribution in [-0.2, 0) is 5.75 Å². The monoisotopic (exact) mass is 284 g/mol. The number of aliphatic hydroxyl groups excluding tert-OH is 1. The maximum atomic E-state index is 10.6. The summed E-state index contributed by atoms with van der Waals surface area (Å²) in [6, 6.07) is 16.9. The van der Waals surface area contributed by atoms with Crippen LogP contribution >= 0.6 is 11.8 Å². The van der Waals surface area contributed by atoms with Crippen LogP contribution < -0.4 is 0 Å². The highest BCUT2D eigenvalue weighted by atomic mass is 32.2. The molecule has 0 saturated heterocycles. The molecule has 2 unspecified atom stereocenters. The molecule has 1 heterocycles. The average Bonchev–Trinajstić information content (AvgIpc) is 2.48. The van der Waals surface area contributed by atoms with Crippen molar-refractivity contribution in [3.8, 4) is 11.1 Å². The van der Waals surface area contributed by atoms with Gasteiger partial charge in [-0.25, -0.2) is 0 Å². The number of thioether (sulfide) groups is 1. The van der Waals surface area contributed by atoms with Gasteiger partial charge in [0.25, 0.3) is 0 Å². The molecule has 1 aliphatic rings. The second kappa shape index (κ2) is 5.63. The minimum atomic E-state index is -0.354. The Kier molecular flexibility index (Phi) is 3.86. The minimum Gasteiger partial charge on any atom is -0.387 e. The quantitative estimate of drug-likeness (QED) is 0.865. The van der Waals surface area contributed by atoms with Gasteiger partial charge in [-0.2, -0.15) is 11.8 Å². The topological polar surface area (TPSA) is 20.2 Å². The Morgan fingerprint density at radius 1 is 1.05 bits per heavy atom. The zero-order valence-electron chi connectivity index (χ0n) is 11.9. The second-order valence-corrected chi connectivity index (χ2v) is 6.91. The van der Waals surface area contributed by atoms with E-state index in [9.17, 15) is 5.11 Å². The van der Waals surface area contributed by atoms with E-state index in [1.807, 2.05) is 17.8 Å². The van der Waals surface area contributed by atoms with Gasteiger partial charge in [-0.3, -0.25) is 0 Å². The fourth-order valence-electron chi connectivity index (χ4n) is 2.82. The Balaban J connectivity index is 2.00. The summed E-state index contributed by atoms with van der Waals surface area (Å²) in [5.74, 6) is 1.49. The van der Waals surface area contributed by atoms with Crippen molar-refractivity contribution in [2.24, 2.45) is 5.92 Å². The molecule has 1 aliphatic heterocycles. The second-order valence-electron chi connectivity index (χ2n) is 5.74. The van der Waals surface area contributed by atoms with Gasteiger partial charge < -0.3 is 5.11 Å². The molecule has 0 saturated carbocycles. The molecule has 104 valence electrons.